The molecule has 0 bridgehead atoms. The summed E-state index contributed by atoms with van der Waals surface area (Å²) in [4.78, 5) is 17.2. The maximum absolute atomic E-state index is 12.2. The number of hydrogen-bond donors (Lipinski definition) is 1. The fourth-order valence-electron chi connectivity index (χ4n) is 1.60. The van der Waals surface area contributed by atoms with E-state index in [1.165, 1.54) is 23.5 Å². The Morgan fingerprint density at radius 1 is 1.29 bits per heavy atom. The minimum absolute atomic E-state index is 0.155. The predicted octanol–water partition coefficient (Wildman–Crippen LogP) is 4.82. The normalized spacial score (nSPS) is 12.0. The maximum Gasteiger partial charge on any atom is 0.238 e. The van der Waals surface area contributed by atoms with Crippen LogP contribution in [0.4, 0.5) is 5.82 Å². The summed E-state index contributed by atoms with van der Waals surface area (Å²) < 4.78 is 0. The van der Waals surface area contributed by atoms with E-state index >= 15 is 0 Å². The topological polar surface area (TPSA) is 42.0 Å². The summed E-state index contributed by atoms with van der Waals surface area (Å²) in [5, 5.41) is 3.20. The van der Waals surface area contributed by atoms with E-state index in [9.17, 15) is 4.79 Å². The molecule has 0 saturated heterocycles. The fraction of sp³-hybridized carbons (Fsp3) is 0.200. The van der Waals surface area contributed by atoms with Gasteiger partial charge in [0, 0.05) is 11.1 Å². The Morgan fingerprint density at radius 3 is 2.57 bits per heavy atom. The van der Waals surface area contributed by atoms with Gasteiger partial charge in [-0.15, -0.1) is 11.8 Å². The number of nitrogens with one attached hydrogen (secondary N) is 1. The van der Waals surface area contributed by atoms with Crippen LogP contribution in [0.25, 0.3) is 0 Å². The summed E-state index contributed by atoms with van der Waals surface area (Å²) in [5.74, 6) is 0.166. The summed E-state index contributed by atoms with van der Waals surface area (Å²) in [6, 6.07) is 9.58. The third kappa shape index (κ3) is 4.63. The first-order chi connectivity index (χ1) is 9.95. The molecule has 0 aliphatic heterocycles. The molecule has 0 unspecified atom stereocenters. The van der Waals surface area contributed by atoms with Gasteiger partial charge in [-0.05, 0) is 32.0 Å². The molecule has 0 aliphatic carbocycles. The van der Waals surface area contributed by atoms with E-state index in [1.807, 2.05) is 38.1 Å². The number of halogens is 2. The molecule has 110 valence electrons. The van der Waals surface area contributed by atoms with Crippen molar-refractivity contribution in [1.29, 1.82) is 0 Å². The van der Waals surface area contributed by atoms with Crippen LogP contribution in [0.5, 0.6) is 0 Å². The molecule has 1 amide bonds. The number of carbonyl (C=O) groups is 1. The minimum atomic E-state index is -0.263. The first kappa shape index (κ1) is 16.1. The zero-order chi connectivity index (χ0) is 15.4. The molecular weight excluding hydrogens is 327 g/mol. The van der Waals surface area contributed by atoms with Gasteiger partial charge in [0.05, 0.1) is 15.3 Å². The van der Waals surface area contributed by atoms with Crippen molar-refractivity contribution >= 4 is 46.7 Å². The third-order valence-electron chi connectivity index (χ3n) is 2.75. The van der Waals surface area contributed by atoms with E-state index in [1.54, 1.807) is 6.07 Å². The second-order valence-electron chi connectivity index (χ2n) is 4.55. The summed E-state index contributed by atoms with van der Waals surface area (Å²) in [6.45, 7) is 3.86. The molecule has 0 aliphatic rings. The highest BCUT2D eigenvalue weighted by molar-refractivity contribution is 8.00. The lowest BCUT2D eigenvalue weighted by atomic mass is 10.2. The maximum atomic E-state index is 12.2. The van der Waals surface area contributed by atoms with Gasteiger partial charge in [0.25, 0.3) is 0 Å². The van der Waals surface area contributed by atoms with Gasteiger partial charge >= 0.3 is 0 Å². The van der Waals surface area contributed by atoms with Crippen molar-refractivity contribution in [3.8, 4) is 0 Å². The smallest absolute Gasteiger partial charge is 0.238 e. The van der Waals surface area contributed by atoms with Crippen LogP contribution in [0, 0.1) is 6.92 Å². The summed E-state index contributed by atoms with van der Waals surface area (Å²) >= 11 is 13.2. The van der Waals surface area contributed by atoms with E-state index in [4.69, 9.17) is 23.2 Å². The predicted molar refractivity (Wildman–Crippen MR) is 89.4 cm³/mol. The molecule has 21 heavy (non-hydrogen) atoms. The number of aryl methyl sites for hydroxylation is 1. The van der Waals surface area contributed by atoms with Crippen molar-refractivity contribution in [1.82, 2.24) is 4.98 Å². The SMILES string of the molecule is Cc1ccc(S[C@H](C)C(=O)Nc2ncc(Cl)cc2Cl)cc1. The number of rotatable bonds is 4. The van der Waals surface area contributed by atoms with Crippen molar-refractivity contribution in [2.75, 3.05) is 5.32 Å². The van der Waals surface area contributed by atoms with Crippen molar-refractivity contribution in [3.05, 3.63) is 52.1 Å². The van der Waals surface area contributed by atoms with E-state index in [0.717, 1.165) is 4.90 Å². The van der Waals surface area contributed by atoms with E-state index in [-0.39, 0.29) is 11.2 Å². The van der Waals surface area contributed by atoms with Crippen molar-refractivity contribution < 1.29 is 4.79 Å². The Morgan fingerprint density at radius 2 is 1.95 bits per heavy atom. The Bertz CT molecular complexity index is 647. The van der Waals surface area contributed by atoms with E-state index in [0.29, 0.717) is 15.9 Å². The standard InChI is InChI=1S/C15H14Cl2N2OS/c1-9-3-5-12(6-4-9)21-10(2)15(20)19-14-13(17)7-11(16)8-18-14/h3-8,10H,1-2H3,(H,18,19,20)/t10-/m1/s1. The molecule has 0 radical (unpaired) electrons. The van der Waals surface area contributed by atoms with Crippen LogP contribution in [0.1, 0.15) is 12.5 Å². The Kier molecular flexibility index (Phi) is 5.51. The lowest BCUT2D eigenvalue weighted by molar-refractivity contribution is -0.115. The molecule has 0 saturated carbocycles. The number of pyridine rings is 1. The number of anilines is 1. The zero-order valence-corrected chi connectivity index (χ0v) is 13.9. The lowest BCUT2D eigenvalue weighted by Crippen LogP contribution is -2.23. The van der Waals surface area contributed by atoms with Crippen LogP contribution >= 0.6 is 35.0 Å². The van der Waals surface area contributed by atoms with Gasteiger partial charge < -0.3 is 5.32 Å². The second-order valence-corrected chi connectivity index (χ2v) is 6.80. The van der Waals surface area contributed by atoms with Crippen molar-refractivity contribution in [2.45, 2.75) is 24.0 Å². The van der Waals surface area contributed by atoms with E-state index < -0.39 is 0 Å². The van der Waals surface area contributed by atoms with Crippen LogP contribution < -0.4 is 5.32 Å². The molecule has 6 heteroatoms. The molecule has 3 nitrogen and oxygen atoms in total. The average molecular weight is 341 g/mol. The van der Waals surface area contributed by atoms with Crippen LogP contribution in [-0.4, -0.2) is 16.1 Å². The Balaban J connectivity index is 2.00. The molecule has 2 aromatic rings. The van der Waals surface area contributed by atoms with Crippen LogP contribution in [0.2, 0.25) is 10.0 Å². The largest absolute Gasteiger partial charge is 0.308 e. The third-order valence-corrected chi connectivity index (χ3v) is 4.36. The number of thioether (sulfide) groups is 1. The molecule has 1 aromatic heterocycles. The number of nitrogens with zero attached hydrogens (tertiary/aromatic N) is 1. The van der Waals surface area contributed by atoms with Gasteiger partial charge in [-0.25, -0.2) is 4.98 Å². The molecule has 0 spiro atoms. The number of aromatic nitrogens is 1. The summed E-state index contributed by atoms with van der Waals surface area (Å²) in [5.41, 5.74) is 1.19. The molecule has 1 atom stereocenters. The van der Waals surface area contributed by atoms with Gasteiger partial charge in [-0.3, -0.25) is 4.79 Å². The fourth-order valence-corrected chi connectivity index (χ4v) is 2.89. The Hall–Kier alpha value is -1.23. The average Bonchev–Trinajstić information content (AvgIpc) is 2.44. The minimum Gasteiger partial charge on any atom is -0.308 e. The number of hydrogen-bond acceptors (Lipinski definition) is 3. The van der Waals surface area contributed by atoms with Crippen molar-refractivity contribution in [3.63, 3.8) is 0 Å². The quantitative estimate of drug-likeness (QED) is 0.811. The van der Waals surface area contributed by atoms with Gasteiger partial charge in [0.2, 0.25) is 5.91 Å². The molecule has 1 heterocycles. The first-order valence-corrected chi connectivity index (χ1v) is 7.94. The molecule has 1 aromatic carbocycles. The van der Waals surface area contributed by atoms with E-state index in [2.05, 4.69) is 10.3 Å². The van der Waals surface area contributed by atoms with Gasteiger partial charge in [-0.2, -0.15) is 0 Å². The summed E-state index contributed by atoms with van der Waals surface area (Å²) in [6.07, 6.45) is 1.45. The lowest BCUT2D eigenvalue weighted by Gasteiger charge is -2.12. The zero-order valence-electron chi connectivity index (χ0n) is 11.6. The number of benzene rings is 1. The number of carbonyl (C=O) groups excluding carboxylic acids is 1. The van der Waals surface area contributed by atoms with Gasteiger partial charge in [0.15, 0.2) is 5.82 Å². The van der Waals surface area contributed by atoms with Crippen LogP contribution in [0.3, 0.4) is 0 Å². The first-order valence-electron chi connectivity index (χ1n) is 6.31. The highest BCUT2D eigenvalue weighted by Crippen LogP contribution is 2.26. The Labute approximate surface area is 138 Å². The highest BCUT2D eigenvalue weighted by atomic mass is 35.5. The van der Waals surface area contributed by atoms with Gasteiger partial charge in [0.1, 0.15) is 0 Å². The van der Waals surface area contributed by atoms with Crippen molar-refractivity contribution in [2.24, 2.45) is 0 Å². The molecule has 2 rings (SSSR count). The van der Waals surface area contributed by atoms with Gasteiger partial charge in [-0.1, -0.05) is 40.9 Å². The summed E-state index contributed by atoms with van der Waals surface area (Å²) in [7, 11) is 0. The van der Waals surface area contributed by atoms with Crippen LogP contribution in [0.15, 0.2) is 41.4 Å². The molecule has 0 fully saturated rings. The second kappa shape index (κ2) is 7.16. The highest BCUT2D eigenvalue weighted by Gasteiger charge is 2.16. The van der Waals surface area contributed by atoms with Crippen LogP contribution in [-0.2, 0) is 4.79 Å². The molecule has 1 N–H and O–H groups in total. The molecular formula is C15H14Cl2N2OS. The number of amides is 1. The monoisotopic (exact) mass is 340 g/mol.